The van der Waals surface area contributed by atoms with Crippen LogP contribution in [-0.2, 0) is 6.18 Å². The zero-order chi connectivity index (χ0) is 13.2. The first-order chi connectivity index (χ1) is 8.50. The van der Waals surface area contributed by atoms with Crippen LogP contribution in [0.15, 0.2) is 18.2 Å². The molecule has 18 heavy (non-hydrogen) atoms. The number of hydrogen-bond acceptors (Lipinski definition) is 2. The molecule has 1 saturated carbocycles. The van der Waals surface area contributed by atoms with Gasteiger partial charge < -0.3 is 5.32 Å². The predicted molar refractivity (Wildman–Crippen MR) is 62.0 cm³/mol. The molecule has 1 aromatic carbocycles. The number of benzene rings is 1. The SMILES string of the molecule is N#Cc1ccc(C(F)(F)F)cc1NC1CCCC1. The van der Waals surface area contributed by atoms with Gasteiger partial charge in [0.2, 0.25) is 0 Å². The molecular formula is C13H13F3N2. The molecule has 1 aliphatic carbocycles. The van der Waals surface area contributed by atoms with Gasteiger partial charge >= 0.3 is 6.18 Å². The van der Waals surface area contributed by atoms with Gasteiger partial charge in [-0.3, -0.25) is 0 Å². The standard InChI is InChI=1S/C13H13F3N2/c14-13(15,16)10-6-5-9(8-17)12(7-10)18-11-3-1-2-4-11/h5-7,11,18H,1-4H2. The predicted octanol–water partition coefficient (Wildman–Crippen LogP) is 3.93. The summed E-state index contributed by atoms with van der Waals surface area (Å²) in [4.78, 5) is 0. The molecule has 0 amide bonds. The van der Waals surface area contributed by atoms with Crippen LogP contribution in [0.25, 0.3) is 0 Å². The molecule has 1 aromatic rings. The fourth-order valence-corrected chi connectivity index (χ4v) is 2.23. The third-order valence-electron chi connectivity index (χ3n) is 3.18. The van der Waals surface area contributed by atoms with E-state index in [9.17, 15) is 13.2 Å². The minimum Gasteiger partial charge on any atom is -0.381 e. The molecule has 2 nitrogen and oxygen atoms in total. The Morgan fingerprint density at radius 3 is 2.44 bits per heavy atom. The van der Waals surface area contributed by atoms with Crippen LogP contribution in [0.5, 0.6) is 0 Å². The molecular weight excluding hydrogens is 241 g/mol. The Bertz CT molecular complexity index is 468. The number of nitrogens with zero attached hydrogens (tertiary/aromatic N) is 1. The molecule has 0 radical (unpaired) electrons. The third kappa shape index (κ3) is 2.76. The highest BCUT2D eigenvalue weighted by Gasteiger charge is 2.31. The summed E-state index contributed by atoms with van der Waals surface area (Å²) in [6.45, 7) is 0. The lowest BCUT2D eigenvalue weighted by Gasteiger charge is -2.16. The zero-order valence-electron chi connectivity index (χ0n) is 9.72. The third-order valence-corrected chi connectivity index (χ3v) is 3.18. The number of alkyl halides is 3. The molecule has 0 heterocycles. The molecule has 0 aromatic heterocycles. The maximum absolute atomic E-state index is 12.6. The Morgan fingerprint density at radius 2 is 1.89 bits per heavy atom. The van der Waals surface area contributed by atoms with Gasteiger partial charge in [0.05, 0.1) is 16.8 Å². The average Bonchev–Trinajstić information content (AvgIpc) is 2.80. The van der Waals surface area contributed by atoms with Gasteiger partial charge in [0, 0.05) is 6.04 Å². The summed E-state index contributed by atoms with van der Waals surface area (Å²) >= 11 is 0. The van der Waals surface area contributed by atoms with E-state index < -0.39 is 11.7 Å². The number of hydrogen-bond donors (Lipinski definition) is 1. The second-order valence-electron chi connectivity index (χ2n) is 4.50. The zero-order valence-corrected chi connectivity index (χ0v) is 9.72. The lowest BCUT2D eigenvalue weighted by atomic mass is 10.1. The molecule has 1 fully saturated rings. The maximum Gasteiger partial charge on any atom is 0.416 e. The van der Waals surface area contributed by atoms with Crippen LogP contribution in [0.3, 0.4) is 0 Å². The van der Waals surface area contributed by atoms with Crippen molar-refractivity contribution in [1.82, 2.24) is 0 Å². The van der Waals surface area contributed by atoms with E-state index in [4.69, 9.17) is 5.26 Å². The number of nitrogens with one attached hydrogen (secondary N) is 1. The lowest BCUT2D eigenvalue weighted by Crippen LogP contribution is -2.16. The number of nitriles is 1. The van der Waals surface area contributed by atoms with Crippen LogP contribution in [0.2, 0.25) is 0 Å². The summed E-state index contributed by atoms with van der Waals surface area (Å²) in [5, 5.41) is 12.0. The van der Waals surface area contributed by atoms with E-state index in [1.165, 1.54) is 6.07 Å². The molecule has 0 aliphatic heterocycles. The Morgan fingerprint density at radius 1 is 1.22 bits per heavy atom. The lowest BCUT2D eigenvalue weighted by molar-refractivity contribution is -0.137. The average molecular weight is 254 g/mol. The van der Waals surface area contributed by atoms with Gasteiger partial charge in [0.1, 0.15) is 6.07 Å². The highest BCUT2D eigenvalue weighted by Crippen LogP contribution is 2.33. The molecule has 2 rings (SSSR count). The second kappa shape index (κ2) is 4.89. The van der Waals surface area contributed by atoms with Crippen molar-refractivity contribution in [3.63, 3.8) is 0 Å². The van der Waals surface area contributed by atoms with E-state index in [2.05, 4.69) is 5.32 Å². The van der Waals surface area contributed by atoms with E-state index in [1.807, 2.05) is 6.07 Å². The number of rotatable bonds is 2. The van der Waals surface area contributed by atoms with Gasteiger partial charge in [-0.05, 0) is 31.0 Å². The number of anilines is 1. The first kappa shape index (κ1) is 12.7. The van der Waals surface area contributed by atoms with Gasteiger partial charge in [0.15, 0.2) is 0 Å². The Hall–Kier alpha value is -1.70. The van der Waals surface area contributed by atoms with E-state index in [1.54, 1.807) is 0 Å². The molecule has 5 heteroatoms. The molecule has 0 spiro atoms. The van der Waals surface area contributed by atoms with Crippen LogP contribution in [-0.4, -0.2) is 6.04 Å². The van der Waals surface area contributed by atoms with Crippen LogP contribution in [0.1, 0.15) is 36.8 Å². The summed E-state index contributed by atoms with van der Waals surface area (Å²) in [5.41, 5.74) is -0.170. The topological polar surface area (TPSA) is 35.8 Å². The van der Waals surface area contributed by atoms with Crippen LogP contribution < -0.4 is 5.32 Å². The highest BCUT2D eigenvalue weighted by molar-refractivity contribution is 5.59. The molecule has 1 N–H and O–H groups in total. The molecule has 0 atom stereocenters. The minimum absolute atomic E-state index is 0.181. The Balaban J connectivity index is 2.28. The molecule has 96 valence electrons. The van der Waals surface area contributed by atoms with Gasteiger partial charge in [0.25, 0.3) is 0 Å². The first-order valence-corrected chi connectivity index (χ1v) is 5.88. The summed E-state index contributed by atoms with van der Waals surface area (Å²) in [6.07, 6.45) is -0.320. The van der Waals surface area contributed by atoms with Gasteiger partial charge in [-0.15, -0.1) is 0 Å². The second-order valence-corrected chi connectivity index (χ2v) is 4.50. The van der Waals surface area contributed by atoms with Gasteiger partial charge in [-0.2, -0.15) is 18.4 Å². The summed E-state index contributed by atoms with van der Waals surface area (Å²) < 4.78 is 37.8. The van der Waals surface area contributed by atoms with Crippen LogP contribution in [0.4, 0.5) is 18.9 Å². The van der Waals surface area contributed by atoms with Crippen molar-refractivity contribution < 1.29 is 13.2 Å². The largest absolute Gasteiger partial charge is 0.416 e. The van der Waals surface area contributed by atoms with E-state index in [0.717, 1.165) is 37.8 Å². The quantitative estimate of drug-likeness (QED) is 0.867. The fraction of sp³-hybridized carbons (Fsp3) is 0.462. The summed E-state index contributed by atoms with van der Waals surface area (Å²) in [5.74, 6) is 0. The van der Waals surface area contributed by atoms with Crippen LogP contribution in [0, 0.1) is 11.3 Å². The van der Waals surface area contributed by atoms with Crippen molar-refractivity contribution in [2.24, 2.45) is 0 Å². The molecule has 1 aliphatic rings. The van der Waals surface area contributed by atoms with Crippen molar-refractivity contribution in [2.45, 2.75) is 37.9 Å². The maximum atomic E-state index is 12.6. The van der Waals surface area contributed by atoms with Gasteiger partial charge in [-0.25, -0.2) is 0 Å². The fourth-order valence-electron chi connectivity index (χ4n) is 2.23. The summed E-state index contributed by atoms with van der Waals surface area (Å²) in [6, 6.07) is 5.29. The monoisotopic (exact) mass is 254 g/mol. The molecule has 0 unspecified atom stereocenters. The van der Waals surface area contributed by atoms with Crippen molar-refractivity contribution >= 4 is 5.69 Å². The number of halogens is 3. The Kier molecular flexibility index (Phi) is 3.46. The summed E-state index contributed by atoms with van der Waals surface area (Å²) in [7, 11) is 0. The van der Waals surface area contributed by atoms with Crippen molar-refractivity contribution in [2.75, 3.05) is 5.32 Å². The van der Waals surface area contributed by atoms with Crippen molar-refractivity contribution in [3.05, 3.63) is 29.3 Å². The smallest absolute Gasteiger partial charge is 0.381 e. The normalized spacial score (nSPS) is 16.6. The van der Waals surface area contributed by atoms with Gasteiger partial charge in [-0.1, -0.05) is 12.8 Å². The van der Waals surface area contributed by atoms with E-state index in [0.29, 0.717) is 5.69 Å². The minimum atomic E-state index is -4.37. The van der Waals surface area contributed by atoms with E-state index >= 15 is 0 Å². The van der Waals surface area contributed by atoms with Crippen molar-refractivity contribution in [3.8, 4) is 6.07 Å². The first-order valence-electron chi connectivity index (χ1n) is 5.88. The highest BCUT2D eigenvalue weighted by atomic mass is 19.4. The molecule has 0 bridgehead atoms. The van der Waals surface area contributed by atoms with Crippen LogP contribution >= 0.6 is 0 Å². The van der Waals surface area contributed by atoms with E-state index in [-0.39, 0.29) is 11.6 Å². The molecule has 0 saturated heterocycles. The Labute approximate surface area is 103 Å². The van der Waals surface area contributed by atoms with Crippen molar-refractivity contribution in [1.29, 1.82) is 5.26 Å².